The van der Waals surface area contributed by atoms with Crippen molar-refractivity contribution in [2.24, 2.45) is 5.92 Å². The summed E-state index contributed by atoms with van der Waals surface area (Å²) in [7, 11) is 1.69. The lowest BCUT2D eigenvalue weighted by Gasteiger charge is -2.11. The molecule has 5 heteroatoms. The van der Waals surface area contributed by atoms with Crippen LogP contribution in [0.3, 0.4) is 0 Å². The molecule has 0 heterocycles. The summed E-state index contributed by atoms with van der Waals surface area (Å²) in [6.45, 7) is 8.37. The molecule has 0 fully saturated rings. The maximum Gasteiger partial charge on any atom is 0.138 e. The maximum atomic E-state index is 6.21. The van der Waals surface area contributed by atoms with Gasteiger partial charge in [0.25, 0.3) is 0 Å². The molecule has 0 aliphatic carbocycles. The van der Waals surface area contributed by atoms with Gasteiger partial charge in [-0.2, -0.15) is 0 Å². The Morgan fingerprint density at radius 2 is 2.00 bits per heavy atom. The molecule has 120 valence electrons. The molecule has 21 heavy (non-hydrogen) atoms. The molecular weight excluding hydrogens is 290 g/mol. The quantitative estimate of drug-likeness (QED) is 0.637. The fraction of sp³-hybridized carbons (Fsp3) is 0.625. The first-order valence-corrected chi connectivity index (χ1v) is 7.70. The van der Waals surface area contributed by atoms with Crippen molar-refractivity contribution in [1.82, 2.24) is 5.32 Å². The Morgan fingerprint density at radius 1 is 1.19 bits per heavy atom. The van der Waals surface area contributed by atoms with Crippen LogP contribution in [0.1, 0.15) is 19.4 Å². The number of benzene rings is 1. The molecule has 0 radical (unpaired) electrons. The van der Waals surface area contributed by atoms with E-state index in [4.69, 9.17) is 25.8 Å². The maximum absolute atomic E-state index is 6.21. The summed E-state index contributed by atoms with van der Waals surface area (Å²) >= 11 is 6.21. The van der Waals surface area contributed by atoms with Crippen molar-refractivity contribution >= 4 is 11.6 Å². The van der Waals surface area contributed by atoms with Crippen LogP contribution in [0.4, 0.5) is 0 Å². The zero-order valence-electron chi connectivity index (χ0n) is 13.2. The minimum absolute atomic E-state index is 0.512. The zero-order valence-corrected chi connectivity index (χ0v) is 13.9. The van der Waals surface area contributed by atoms with E-state index < -0.39 is 0 Å². The van der Waals surface area contributed by atoms with Gasteiger partial charge < -0.3 is 19.5 Å². The number of rotatable bonds is 11. The zero-order chi connectivity index (χ0) is 15.5. The second-order valence-corrected chi connectivity index (χ2v) is 5.66. The van der Waals surface area contributed by atoms with Gasteiger partial charge in [-0.1, -0.05) is 31.5 Å². The first-order chi connectivity index (χ1) is 10.1. The van der Waals surface area contributed by atoms with Crippen LogP contribution in [0, 0.1) is 5.92 Å². The highest BCUT2D eigenvalue weighted by Crippen LogP contribution is 2.25. The van der Waals surface area contributed by atoms with Crippen LogP contribution in [-0.2, 0) is 16.0 Å². The molecule has 0 atom stereocenters. The number of hydrogen-bond donors (Lipinski definition) is 1. The molecule has 0 saturated carbocycles. The van der Waals surface area contributed by atoms with Crippen LogP contribution in [0.5, 0.6) is 5.75 Å². The summed E-state index contributed by atoms with van der Waals surface area (Å²) in [4.78, 5) is 0. The molecule has 0 aromatic heterocycles. The van der Waals surface area contributed by atoms with E-state index >= 15 is 0 Å². The van der Waals surface area contributed by atoms with E-state index in [0.717, 1.165) is 25.3 Å². The lowest BCUT2D eigenvalue weighted by atomic mass is 10.2. The number of hydrogen-bond acceptors (Lipinski definition) is 4. The Kier molecular flexibility index (Phi) is 9.42. The second kappa shape index (κ2) is 10.9. The predicted molar refractivity (Wildman–Crippen MR) is 86.2 cm³/mol. The van der Waals surface area contributed by atoms with Crippen molar-refractivity contribution in [3.05, 3.63) is 28.8 Å². The molecule has 0 spiro atoms. The standard InChI is InChI=1S/C16H26ClNO3/c1-13(2)12-20-8-9-21-16-5-4-14(10-15(16)17)11-18-6-7-19-3/h4-5,10,13,18H,6-9,11-12H2,1-3H3. The van der Waals surface area contributed by atoms with Gasteiger partial charge in [0.1, 0.15) is 12.4 Å². The molecule has 1 aromatic rings. The van der Waals surface area contributed by atoms with E-state index in [1.807, 2.05) is 18.2 Å². The van der Waals surface area contributed by atoms with Gasteiger partial charge in [0.05, 0.1) is 18.2 Å². The number of methoxy groups -OCH3 is 1. The van der Waals surface area contributed by atoms with Crippen molar-refractivity contribution in [2.45, 2.75) is 20.4 Å². The predicted octanol–water partition coefficient (Wildman–Crippen LogP) is 3.13. The molecule has 0 aliphatic heterocycles. The molecule has 0 amide bonds. The summed E-state index contributed by atoms with van der Waals surface area (Å²) < 4.78 is 16.1. The minimum atomic E-state index is 0.512. The Labute approximate surface area is 132 Å². The largest absolute Gasteiger partial charge is 0.490 e. The summed E-state index contributed by atoms with van der Waals surface area (Å²) in [5, 5.41) is 3.90. The molecular formula is C16H26ClNO3. The van der Waals surface area contributed by atoms with Crippen molar-refractivity contribution in [3.63, 3.8) is 0 Å². The monoisotopic (exact) mass is 315 g/mol. The van der Waals surface area contributed by atoms with Crippen LogP contribution in [0.25, 0.3) is 0 Å². The second-order valence-electron chi connectivity index (χ2n) is 5.25. The van der Waals surface area contributed by atoms with Gasteiger partial charge >= 0.3 is 0 Å². The first-order valence-electron chi connectivity index (χ1n) is 7.32. The Bertz CT molecular complexity index is 399. The molecule has 1 N–H and O–H groups in total. The topological polar surface area (TPSA) is 39.7 Å². The van der Waals surface area contributed by atoms with Crippen molar-refractivity contribution < 1.29 is 14.2 Å². The van der Waals surface area contributed by atoms with Gasteiger partial charge in [-0.3, -0.25) is 0 Å². The van der Waals surface area contributed by atoms with Crippen LogP contribution in [0.2, 0.25) is 5.02 Å². The Hall–Kier alpha value is -0.810. The number of ether oxygens (including phenoxy) is 3. The Balaban J connectivity index is 2.29. The van der Waals surface area contributed by atoms with Gasteiger partial charge in [-0.25, -0.2) is 0 Å². The highest BCUT2D eigenvalue weighted by Gasteiger charge is 2.03. The molecule has 0 saturated heterocycles. The fourth-order valence-electron chi connectivity index (χ4n) is 1.71. The molecule has 1 aromatic carbocycles. The molecule has 0 unspecified atom stereocenters. The highest BCUT2D eigenvalue weighted by atomic mass is 35.5. The average Bonchev–Trinajstić information content (AvgIpc) is 2.45. The first kappa shape index (κ1) is 18.2. The molecule has 0 bridgehead atoms. The highest BCUT2D eigenvalue weighted by molar-refractivity contribution is 6.32. The van der Waals surface area contributed by atoms with Gasteiger partial charge in [-0.05, 0) is 23.6 Å². The van der Waals surface area contributed by atoms with E-state index in [0.29, 0.717) is 36.5 Å². The summed E-state index contributed by atoms with van der Waals surface area (Å²) in [5.74, 6) is 1.24. The third-order valence-electron chi connectivity index (χ3n) is 2.74. The van der Waals surface area contributed by atoms with E-state index in [-0.39, 0.29) is 0 Å². The normalized spacial score (nSPS) is 11.1. The van der Waals surface area contributed by atoms with Crippen LogP contribution >= 0.6 is 11.6 Å². The Morgan fingerprint density at radius 3 is 2.67 bits per heavy atom. The van der Waals surface area contributed by atoms with Crippen molar-refractivity contribution in [1.29, 1.82) is 0 Å². The number of halogens is 1. The third-order valence-corrected chi connectivity index (χ3v) is 3.04. The summed E-state index contributed by atoms with van der Waals surface area (Å²) in [6, 6.07) is 5.83. The average molecular weight is 316 g/mol. The summed E-state index contributed by atoms with van der Waals surface area (Å²) in [5.41, 5.74) is 1.12. The smallest absolute Gasteiger partial charge is 0.138 e. The van der Waals surface area contributed by atoms with Crippen LogP contribution < -0.4 is 10.1 Å². The van der Waals surface area contributed by atoms with E-state index in [1.54, 1.807) is 7.11 Å². The lowest BCUT2D eigenvalue weighted by molar-refractivity contribution is 0.0819. The van der Waals surface area contributed by atoms with Crippen molar-refractivity contribution in [2.75, 3.05) is 40.1 Å². The van der Waals surface area contributed by atoms with E-state index in [1.165, 1.54) is 0 Å². The minimum Gasteiger partial charge on any atom is -0.490 e. The van der Waals surface area contributed by atoms with Gasteiger partial charge in [0.2, 0.25) is 0 Å². The molecule has 1 rings (SSSR count). The summed E-state index contributed by atoms with van der Waals surface area (Å²) in [6.07, 6.45) is 0. The van der Waals surface area contributed by atoms with Gasteiger partial charge in [0.15, 0.2) is 0 Å². The lowest BCUT2D eigenvalue weighted by Crippen LogP contribution is -2.18. The fourth-order valence-corrected chi connectivity index (χ4v) is 1.97. The van der Waals surface area contributed by atoms with Crippen molar-refractivity contribution in [3.8, 4) is 5.75 Å². The SMILES string of the molecule is COCCNCc1ccc(OCCOCC(C)C)c(Cl)c1. The number of nitrogens with one attached hydrogen (secondary N) is 1. The molecule has 4 nitrogen and oxygen atoms in total. The third kappa shape index (κ3) is 8.27. The van der Waals surface area contributed by atoms with Crippen LogP contribution in [-0.4, -0.2) is 40.1 Å². The van der Waals surface area contributed by atoms with Gasteiger partial charge in [0, 0.05) is 26.8 Å². The molecule has 0 aliphatic rings. The van der Waals surface area contributed by atoms with E-state index in [9.17, 15) is 0 Å². The van der Waals surface area contributed by atoms with E-state index in [2.05, 4.69) is 19.2 Å². The van der Waals surface area contributed by atoms with Gasteiger partial charge in [-0.15, -0.1) is 0 Å². The van der Waals surface area contributed by atoms with Crippen LogP contribution in [0.15, 0.2) is 18.2 Å².